The molecule has 112 valence electrons. The molecule has 6 nitrogen and oxygen atoms in total. The normalized spacial score (nSPS) is 16.1. The molecule has 1 aliphatic rings. The summed E-state index contributed by atoms with van der Waals surface area (Å²) in [4.78, 5) is 13.9. The first-order chi connectivity index (χ1) is 10.0. The quantitative estimate of drug-likeness (QED) is 0.822. The number of hydrazine groups is 1. The average Bonchev–Trinajstić information content (AvgIpc) is 2.53. The van der Waals surface area contributed by atoms with E-state index in [0.717, 1.165) is 32.1 Å². The number of sulfonamides is 1. The van der Waals surface area contributed by atoms with Crippen molar-refractivity contribution in [1.82, 2.24) is 10.3 Å². The molecule has 0 atom stereocenters. The van der Waals surface area contributed by atoms with Gasteiger partial charge in [-0.1, -0.05) is 25.3 Å². The zero-order valence-corrected chi connectivity index (χ0v) is 12.3. The Morgan fingerprint density at radius 2 is 1.95 bits per heavy atom. The van der Waals surface area contributed by atoms with Crippen molar-refractivity contribution in [2.45, 2.75) is 37.0 Å². The molecule has 1 aliphatic carbocycles. The molecule has 1 fully saturated rings. The molecule has 1 aromatic carbocycles. The average molecular weight is 307 g/mol. The summed E-state index contributed by atoms with van der Waals surface area (Å²) in [5, 5.41) is 8.78. The number of rotatable bonds is 4. The molecule has 0 bridgehead atoms. The Morgan fingerprint density at radius 1 is 1.24 bits per heavy atom. The van der Waals surface area contributed by atoms with E-state index in [1.165, 1.54) is 24.3 Å². The van der Waals surface area contributed by atoms with E-state index in [0.29, 0.717) is 0 Å². The van der Waals surface area contributed by atoms with Crippen molar-refractivity contribution in [2.24, 2.45) is 5.92 Å². The predicted molar refractivity (Wildman–Crippen MR) is 76.2 cm³/mol. The van der Waals surface area contributed by atoms with Gasteiger partial charge in [0.25, 0.3) is 10.0 Å². The van der Waals surface area contributed by atoms with Gasteiger partial charge in [0.05, 0.1) is 16.5 Å². The number of nitriles is 1. The van der Waals surface area contributed by atoms with Gasteiger partial charge in [0.2, 0.25) is 5.91 Å². The minimum absolute atomic E-state index is 0.0505. The van der Waals surface area contributed by atoms with Crippen molar-refractivity contribution < 1.29 is 13.2 Å². The van der Waals surface area contributed by atoms with Crippen molar-refractivity contribution in [2.75, 3.05) is 0 Å². The van der Waals surface area contributed by atoms with Gasteiger partial charge in [-0.2, -0.15) is 5.26 Å². The number of benzene rings is 1. The molecule has 0 unspecified atom stereocenters. The maximum atomic E-state index is 12.1. The van der Waals surface area contributed by atoms with Gasteiger partial charge in [-0.15, -0.1) is 4.83 Å². The number of carbonyl (C=O) groups excluding carboxylic acids is 1. The molecular formula is C14H17N3O3S. The lowest BCUT2D eigenvalue weighted by Gasteiger charge is -2.20. The third kappa shape index (κ3) is 4.03. The Morgan fingerprint density at radius 3 is 2.62 bits per heavy atom. The van der Waals surface area contributed by atoms with Crippen LogP contribution in [0.2, 0.25) is 0 Å². The van der Waals surface area contributed by atoms with Gasteiger partial charge in [-0.3, -0.25) is 10.2 Å². The third-order valence-corrected chi connectivity index (χ3v) is 4.80. The smallest absolute Gasteiger partial charge is 0.257 e. The van der Waals surface area contributed by atoms with Crippen molar-refractivity contribution in [3.05, 3.63) is 29.8 Å². The molecular weight excluding hydrogens is 290 g/mol. The summed E-state index contributed by atoms with van der Waals surface area (Å²) in [5.74, 6) is -0.429. The second-order valence-electron chi connectivity index (χ2n) is 5.07. The summed E-state index contributed by atoms with van der Waals surface area (Å²) in [7, 11) is -3.86. The molecule has 1 saturated carbocycles. The van der Waals surface area contributed by atoms with Crippen LogP contribution in [0.15, 0.2) is 29.2 Å². The fraction of sp³-hybridized carbons (Fsp3) is 0.429. The van der Waals surface area contributed by atoms with Crippen LogP contribution >= 0.6 is 0 Å². The molecule has 0 saturated heterocycles. The second kappa shape index (κ2) is 6.70. The van der Waals surface area contributed by atoms with Gasteiger partial charge in [0, 0.05) is 5.92 Å². The maximum absolute atomic E-state index is 12.1. The van der Waals surface area contributed by atoms with Gasteiger partial charge in [-0.25, -0.2) is 8.42 Å². The predicted octanol–water partition coefficient (Wildman–Crippen LogP) is 1.45. The van der Waals surface area contributed by atoms with E-state index in [-0.39, 0.29) is 22.3 Å². The Kier molecular flexibility index (Phi) is 4.94. The highest BCUT2D eigenvalue weighted by Crippen LogP contribution is 2.23. The molecule has 7 heteroatoms. The molecule has 2 N–H and O–H groups in total. The minimum atomic E-state index is -3.86. The first kappa shape index (κ1) is 15.5. The lowest BCUT2D eigenvalue weighted by Crippen LogP contribution is -2.44. The van der Waals surface area contributed by atoms with Crippen molar-refractivity contribution >= 4 is 15.9 Å². The summed E-state index contributed by atoms with van der Waals surface area (Å²) in [6, 6.07) is 7.50. The van der Waals surface area contributed by atoms with Crippen molar-refractivity contribution in [3.63, 3.8) is 0 Å². The Balaban J connectivity index is 2.00. The van der Waals surface area contributed by atoms with Crippen LogP contribution in [-0.4, -0.2) is 14.3 Å². The monoisotopic (exact) mass is 307 g/mol. The van der Waals surface area contributed by atoms with Crippen LogP contribution in [0.1, 0.15) is 37.7 Å². The molecule has 0 spiro atoms. The lowest BCUT2D eigenvalue weighted by molar-refractivity contribution is -0.126. The van der Waals surface area contributed by atoms with Crippen LogP contribution in [0, 0.1) is 17.2 Å². The molecule has 0 radical (unpaired) electrons. The number of hydrogen-bond acceptors (Lipinski definition) is 4. The Bertz CT molecular complexity index is 658. The second-order valence-corrected chi connectivity index (χ2v) is 6.75. The maximum Gasteiger partial charge on any atom is 0.257 e. The molecule has 0 aromatic heterocycles. The highest BCUT2D eigenvalue weighted by molar-refractivity contribution is 7.89. The van der Waals surface area contributed by atoms with E-state index in [2.05, 4.69) is 10.3 Å². The zero-order valence-electron chi connectivity index (χ0n) is 11.5. The van der Waals surface area contributed by atoms with Gasteiger partial charge in [0.1, 0.15) is 0 Å². The van der Waals surface area contributed by atoms with Gasteiger partial charge < -0.3 is 0 Å². The van der Waals surface area contributed by atoms with Crippen molar-refractivity contribution in [1.29, 1.82) is 5.26 Å². The van der Waals surface area contributed by atoms with Gasteiger partial charge >= 0.3 is 0 Å². The molecule has 2 rings (SSSR count). The number of amides is 1. The van der Waals surface area contributed by atoms with E-state index in [1.54, 1.807) is 0 Å². The fourth-order valence-electron chi connectivity index (χ4n) is 2.38. The molecule has 21 heavy (non-hydrogen) atoms. The SMILES string of the molecule is N#Cc1cccc(S(=O)(=O)NNC(=O)C2CCCCC2)c1. The summed E-state index contributed by atoms with van der Waals surface area (Å²) in [5.41, 5.74) is 2.52. The fourth-order valence-corrected chi connectivity index (χ4v) is 3.27. The molecule has 1 aromatic rings. The standard InChI is InChI=1S/C14H17N3O3S/c15-10-11-5-4-8-13(9-11)21(19,20)17-16-14(18)12-6-2-1-3-7-12/h4-5,8-9,12,17H,1-3,6-7H2,(H,16,18). The molecule has 0 aliphatic heterocycles. The van der Waals surface area contributed by atoms with Gasteiger partial charge in [-0.05, 0) is 31.0 Å². The number of nitrogens with one attached hydrogen (secondary N) is 2. The summed E-state index contributed by atoms with van der Waals surface area (Å²) in [6.45, 7) is 0. The van der Waals surface area contributed by atoms with Crippen molar-refractivity contribution in [3.8, 4) is 6.07 Å². The first-order valence-corrected chi connectivity index (χ1v) is 8.33. The van der Waals surface area contributed by atoms with Crippen LogP contribution < -0.4 is 10.3 Å². The van der Waals surface area contributed by atoms with Gasteiger partial charge in [0.15, 0.2) is 0 Å². The topological polar surface area (TPSA) is 99.1 Å². The Hall–Kier alpha value is -1.91. The molecule has 1 amide bonds. The lowest BCUT2D eigenvalue weighted by atomic mass is 9.89. The highest BCUT2D eigenvalue weighted by atomic mass is 32.2. The van der Waals surface area contributed by atoms with E-state index in [1.807, 2.05) is 6.07 Å². The van der Waals surface area contributed by atoms with E-state index in [4.69, 9.17) is 5.26 Å². The number of nitrogens with zero attached hydrogens (tertiary/aromatic N) is 1. The van der Waals surface area contributed by atoms with E-state index >= 15 is 0 Å². The largest absolute Gasteiger partial charge is 0.277 e. The molecule has 0 heterocycles. The van der Waals surface area contributed by atoms with Crippen LogP contribution in [0.4, 0.5) is 0 Å². The zero-order chi connectivity index (χ0) is 15.3. The third-order valence-electron chi connectivity index (χ3n) is 3.56. The first-order valence-electron chi connectivity index (χ1n) is 6.85. The summed E-state index contributed by atoms with van der Waals surface area (Å²) >= 11 is 0. The highest BCUT2D eigenvalue weighted by Gasteiger charge is 2.23. The van der Waals surface area contributed by atoms with E-state index in [9.17, 15) is 13.2 Å². The van der Waals surface area contributed by atoms with Crippen LogP contribution in [-0.2, 0) is 14.8 Å². The summed E-state index contributed by atoms with van der Waals surface area (Å²) < 4.78 is 24.1. The van der Waals surface area contributed by atoms with Crippen LogP contribution in [0.25, 0.3) is 0 Å². The Labute approximate surface area is 124 Å². The minimum Gasteiger partial charge on any atom is -0.277 e. The van der Waals surface area contributed by atoms with Crippen LogP contribution in [0.3, 0.4) is 0 Å². The van der Waals surface area contributed by atoms with E-state index < -0.39 is 10.0 Å². The van der Waals surface area contributed by atoms with Crippen LogP contribution in [0.5, 0.6) is 0 Å². The number of carbonyl (C=O) groups is 1. The summed E-state index contributed by atoms with van der Waals surface area (Å²) in [6.07, 6.45) is 4.69. The number of hydrogen-bond donors (Lipinski definition) is 2.